The number of fused-ring (bicyclic) bond motifs is 2. The zero-order valence-corrected chi connectivity index (χ0v) is 12.8. The summed E-state index contributed by atoms with van der Waals surface area (Å²) in [6, 6.07) is 11.9. The first-order valence-electron chi connectivity index (χ1n) is 6.59. The van der Waals surface area contributed by atoms with Crippen LogP contribution >= 0.6 is 0 Å². The maximum atomic E-state index is 12.3. The Kier molecular flexibility index (Phi) is 3.72. The minimum atomic E-state index is -4.41. The molecule has 0 atom stereocenters. The lowest BCUT2D eigenvalue weighted by atomic mass is 10.0. The van der Waals surface area contributed by atoms with E-state index in [2.05, 4.69) is 9.17 Å². The fourth-order valence-electron chi connectivity index (χ4n) is 2.55. The first kappa shape index (κ1) is 15.3. The van der Waals surface area contributed by atoms with Gasteiger partial charge in [-0.1, -0.05) is 24.3 Å². The number of hydrogen-bond donors (Lipinski definition) is 0. The van der Waals surface area contributed by atoms with Gasteiger partial charge in [-0.25, -0.2) is 13.4 Å². The molecule has 2 aromatic heterocycles. The van der Waals surface area contributed by atoms with Crippen molar-refractivity contribution in [2.45, 2.75) is 0 Å². The number of H-pyrrole nitrogens is 1. The Labute approximate surface area is 131 Å². The van der Waals surface area contributed by atoms with Crippen molar-refractivity contribution in [2.75, 3.05) is 7.11 Å². The van der Waals surface area contributed by atoms with E-state index in [0.717, 1.165) is 28.8 Å². The molecule has 0 spiro atoms. The number of rotatable bonds is 1. The average molecular weight is 332 g/mol. The summed E-state index contributed by atoms with van der Waals surface area (Å²) in [5.41, 5.74) is 1.74. The molecule has 0 aliphatic carbocycles. The van der Waals surface area contributed by atoms with E-state index in [4.69, 9.17) is 0 Å². The van der Waals surface area contributed by atoms with E-state index in [1.807, 2.05) is 47.0 Å². The third kappa shape index (κ3) is 2.74. The van der Waals surface area contributed by atoms with Crippen LogP contribution in [0.15, 0.2) is 53.6 Å². The number of pyridine rings is 1. The van der Waals surface area contributed by atoms with Crippen molar-refractivity contribution < 1.29 is 22.1 Å². The molecule has 0 radical (unpaired) electrons. The molecule has 0 saturated heterocycles. The number of benzene rings is 2. The molecule has 0 aliphatic rings. The van der Waals surface area contributed by atoms with Gasteiger partial charge in [-0.2, -0.15) is 4.40 Å². The summed E-state index contributed by atoms with van der Waals surface area (Å²) in [7, 11) is -3.60. The van der Waals surface area contributed by atoms with E-state index >= 15 is 0 Å². The molecule has 2 aromatic carbocycles. The zero-order valence-electron chi connectivity index (χ0n) is 12.0. The third-order valence-corrected chi connectivity index (χ3v) is 3.90. The van der Waals surface area contributed by atoms with Gasteiger partial charge in [0.2, 0.25) is 10.4 Å². The predicted molar refractivity (Wildman–Crippen MR) is 83.1 cm³/mol. The van der Waals surface area contributed by atoms with Crippen molar-refractivity contribution in [2.24, 2.45) is 0 Å². The average Bonchev–Trinajstić information content (AvgIpc) is 3.02. The Hall–Kier alpha value is -2.55. The number of aromatic amines is 1. The monoisotopic (exact) mass is 332 g/mol. The Balaban J connectivity index is 0.000000227. The molecule has 2 heterocycles. The molecule has 0 saturated carbocycles. The molecule has 7 nitrogen and oxygen atoms in total. The molecule has 8 heteroatoms. The molecule has 0 aliphatic heterocycles. The SMILES string of the molecule is COS(=O)(=O)[O-].O=c1c2cccc3cccc(c32)n2cc[nH+]c12. The summed E-state index contributed by atoms with van der Waals surface area (Å²) in [5.74, 6) is 0. The minimum absolute atomic E-state index is 0.0549. The number of nitrogens with zero attached hydrogens (tertiary/aromatic N) is 1. The van der Waals surface area contributed by atoms with Crippen LogP contribution in [0, 0.1) is 0 Å². The quantitative estimate of drug-likeness (QED) is 0.381. The van der Waals surface area contributed by atoms with Crippen LogP contribution in [0.25, 0.3) is 27.3 Å². The third-order valence-electron chi connectivity index (χ3n) is 3.49. The van der Waals surface area contributed by atoms with Gasteiger partial charge in [-0.05, 0) is 17.5 Å². The molecule has 0 unspecified atom stereocenters. The van der Waals surface area contributed by atoms with Crippen LogP contribution in [0.3, 0.4) is 0 Å². The maximum Gasteiger partial charge on any atom is 0.333 e. The topological polar surface area (TPSA) is 102 Å². The lowest BCUT2D eigenvalue weighted by Gasteiger charge is -2.02. The van der Waals surface area contributed by atoms with Crippen molar-refractivity contribution in [1.29, 1.82) is 0 Å². The van der Waals surface area contributed by atoms with Gasteiger partial charge in [0, 0.05) is 10.8 Å². The number of imidazole rings is 1. The van der Waals surface area contributed by atoms with Crippen molar-refractivity contribution in [3.63, 3.8) is 0 Å². The van der Waals surface area contributed by atoms with Crippen molar-refractivity contribution >= 4 is 37.7 Å². The lowest BCUT2D eigenvalue weighted by molar-refractivity contribution is -0.344. The maximum absolute atomic E-state index is 12.3. The normalized spacial score (nSPS) is 11.7. The van der Waals surface area contributed by atoms with Gasteiger partial charge >= 0.3 is 5.65 Å². The van der Waals surface area contributed by atoms with Crippen molar-refractivity contribution in [3.8, 4) is 0 Å². The van der Waals surface area contributed by atoms with Crippen LogP contribution in [-0.4, -0.2) is 24.5 Å². The number of nitrogens with one attached hydrogen (secondary N) is 1. The van der Waals surface area contributed by atoms with Gasteiger partial charge in [0.05, 0.1) is 7.11 Å². The molecule has 0 bridgehead atoms. The Morgan fingerprint density at radius 3 is 2.48 bits per heavy atom. The van der Waals surface area contributed by atoms with Crippen molar-refractivity contribution in [1.82, 2.24) is 4.40 Å². The van der Waals surface area contributed by atoms with Crippen LogP contribution in [0.1, 0.15) is 0 Å². The van der Waals surface area contributed by atoms with Crippen molar-refractivity contribution in [3.05, 3.63) is 59.0 Å². The highest BCUT2D eigenvalue weighted by Crippen LogP contribution is 2.24. The first-order chi connectivity index (χ1) is 10.9. The molecule has 23 heavy (non-hydrogen) atoms. The highest BCUT2D eigenvalue weighted by Gasteiger charge is 2.16. The Morgan fingerprint density at radius 1 is 1.17 bits per heavy atom. The lowest BCUT2D eigenvalue weighted by Crippen LogP contribution is -2.14. The number of hydrogen-bond acceptors (Lipinski definition) is 5. The van der Waals surface area contributed by atoms with Gasteiger partial charge in [0.15, 0.2) is 0 Å². The highest BCUT2D eigenvalue weighted by atomic mass is 32.3. The summed E-state index contributed by atoms with van der Waals surface area (Å²) in [4.78, 5) is 15.3. The van der Waals surface area contributed by atoms with Crippen LogP contribution < -0.4 is 10.4 Å². The molecule has 0 amide bonds. The number of aromatic nitrogens is 2. The van der Waals surface area contributed by atoms with Gasteiger partial charge in [0.1, 0.15) is 17.9 Å². The summed E-state index contributed by atoms with van der Waals surface area (Å²) in [6.07, 6.45) is 3.68. The second-order valence-electron chi connectivity index (χ2n) is 4.76. The molecule has 118 valence electrons. The predicted octanol–water partition coefficient (Wildman–Crippen LogP) is 0.951. The molecule has 0 fully saturated rings. The van der Waals surface area contributed by atoms with Gasteiger partial charge in [-0.15, -0.1) is 0 Å². The molecule has 1 N–H and O–H groups in total. The smallest absolute Gasteiger partial charge is 0.333 e. The van der Waals surface area contributed by atoms with E-state index in [-0.39, 0.29) is 5.43 Å². The van der Waals surface area contributed by atoms with E-state index in [1.165, 1.54) is 0 Å². The molecule has 4 rings (SSSR count). The largest absolute Gasteiger partial charge is 0.726 e. The first-order valence-corrected chi connectivity index (χ1v) is 7.93. The summed E-state index contributed by atoms with van der Waals surface area (Å²) >= 11 is 0. The van der Waals surface area contributed by atoms with Crippen LogP contribution in [0.2, 0.25) is 0 Å². The fraction of sp³-hybridized carbons (Fsp3) is 0.0667. The summed E-state index contributed by atoms with van der Waals surface area (Å²) in [5, 5.41) is 2.92. The second-order valence-corrected chi connectivity index (χ2v) is 5.91. The van der Waals surface area contributed by atoms with E-state index < -0.39 is 10.4 Å². The van der Waals surface area contributed by atoms with Crippen LogP contribution in [0.5, 0.6) is 0 Å². The van der Waals surface area contributed by atoms with E-state index in [9.17, 15) is 17.8 Å². The fourth-order valence-corrected chi connectivity index (χ4v) is 2.55. The van der Waals surface area contributed by atoms with E-state index in [1.54, 1.807) is 6.20 Å². The highest BCUT2D eigenvalue weighted by molar-refractivity contribution is 7.80. The van der Waals surface area contributed by atoms with E-state index in [0.29, 0.717) is 5.65 Å². The van der Waals surface area contributed by atoms with Gasteiger partial charge < -0.3 is 4.55 Å². The second kappa shape index (κ2) is 5.58. The Morgan fingerprint density at radius 2 is 1.83 bits per heavy atom. The van der Waals surface area contributed by atoms with Gasteiger partial charge in [0.25, 0.3) is 5.43 Å². The summed E-state index contributed by atoms with van der Waals surface area (Å²) < 4.78 is 32.9. The van der Waals surface area contributed by atoms with Crippen LogP contribution in [-0.2, 0) is 14.6 Å². The molecular weight excluding hydrogens is 320 g/mol. The standard InChI is InChI=1S/C14H8N2O.CH4O4S/c17-13-10-5-1-3-9-4-2-6-11(12(9)10)16-8-7-15-14(13)16;1-5-6(2,3)4/h1-8H;1H3,(H,2,3,4). The summed E-state index contributed by atoms with van der Waals surface area (Å²) in [6.45, 7) is 0. The minimum Gasteiger partial charge on any atom is -0.726 e. The zero-order chi connectivity index (χ0) is 16.6. The Bertz CT molecular complexity index is 1150. The molecule has 4 aromatic rings. The molecular formula is C15H12N2O5S. The van der Waals surface area contributed by atoms with Crippen LogP contribution in [0.4, 0.5) is 0 Å². The van der Waals surface area contributed by atoms with Gasteiger partial charge in [-0.3, -0.25) is 8.98 Å².